The second-order valence-electron chi connectivity index (χ2n) is 4.64. The van der Waals surface area contributed by atoms with Crippen LogP contribution in [0, 0.1) is 0 Å². The van der Waals surface area contributed by atoms with Crippen molar-refractivity contribution in [2.75, 3.05) is 13.1 Å². The fraction of sp³-hybridized carbons (Fsp3) is 0.636. The number of carbonyl (C=O) groups is 2. The summed E-state index contributed by atoms with van der Waals surface area (Å²) in [4.78, 5) is 24.7. The third-order valence-corrected chi connectivity index (χ3v) is 3.04. The van der Waals surface area contributed by atoms with Crippen LogP contribution in [0.25, 0.3) is 0 Å². The molecule has 8 heteroatoms. The molecule has 1 aromatic rings. The van der Waals surface area contributed by atoms with Gasteiger partial charge in [0, 0.05) is 32.6 Å². The van der Waals surface area contributed by atoms with Crippen molar-refractivity contribution >= 4 is 11.8 Å². The van der Waals surface area contributed by atoms with Crippen LogP contribution in [0.15, 0.2) is 6.20 Å². The van der Waals surface area contributed by atoms with Crippen LogP contribution in [0.2, 0.25) is 0 Å². The molecule has 19 heavy (non-hydrogen) atoms. The van der Waals surface area contributed by atoms with E-state index < -0.39 is 0 Å². The zero-order valence-corrected chi connectivity index (χ0v) is 10.9. The van der Waals surface area contributed by atoms with Gasteiger partial charge in [0.15, 0.2) is 0 Å². The summed E-state index contributed by atoms with van der Waals surface area (Å²) in [6.07, 6.45) is 2.45. The van der Waals surface area contributed by atoms with Crippen molar-refractivity contribution in [3.05, 3.63) is 11.9 Å². The van der Waals surface area contributed by atoms with Crippen LogP contribution >= 0.6 is 0 Å². The van der Waals surface area contributed by atoms with E-state index >= 15 is 0 Å². The largest absolute Gasteiger partial charge is 0.352 e. The highest BCUT2D eigenvalue weighted by Gasteiger charge is 2.26. The number of nitrogens with zero attached hydrogens (tertiary/aromatic N) is 4. The van der Waals surface area contributed by atoms with Crippen LogP contribution in [0.1, 0.15) is 19.0 Å². The number of likely N-dealkylation sites (tertiary alicyclic amines) is 1. The van der Waals surface area contributed by atoms with Crippen molar-refractivity contribution in [3.63, 3.8) is 0 Å². The van der Waals surface area contributed by atoms with Gasteiger partial charge in [0.1, 0.15) is 6.54 Å². The molecule has 1 aliphatic heterocycles. The first kappa shape index (κ1) is 13.5. The van der Waals surface area contributed by atoms with Gasteiger partial charge in [0.25, 0.3) is 0 Å². The number of hydrogen-bond donors (Lipinski definition) is 2. The molecule has 2 rings (SSSR count). The van der Waals surface area contributed by atoms with Gasteiger partial charge in [-0.2, -0.15) is 0 Å². The van der Waals surface area contributed by atoms with Gasteiger partial charge in [-0.05, 0) is 6.42 Å². The van der Waals surface area contributed by atoms with Gasteiger partial charge >= 0.3 is 0 Å². The molecule has 104 valence electrons. The predicted octanol–water partition coefficient (Wildman–Crippen LogP) is -1.53. The van der Waals surface area contributed by atoms with Gasteiger partial charge in [-0.3, -0.25) is 9.59 Å². The van der Waals surface area contributed by atoms with Gasteiger partial charge in [0.05, 0.1) is 11.9 Å². The van der Waals surface area contributed by atoms with Crippen LogP contribution in [0.3, 0.4) is 0 Å². The molecule has 0 bridgehead atoms. The maximum atomic E-state index is 12.0. The SMILES string of the molecule is CC(=O)NC1CCN(C(=O)Cn2cc(CN)nn2)C1. The fourth-order valence-electron chi connectivity index (χ4n) is 2.14. The molecular formula is C11H18N6O2. The average Bonchev–Trinajstić information content (AvgIpc) is 2.97. The van der Waals surface area contributed by atoms with Gasteiger partial charge in [-0.15, -0.1) is 5.10 Å². The molecule has 1 fully saturated rings. The topological polar surface area (TPSA) is 106 Å². The molecule has 1 aliphatic rings. The van der Waals surface area contributed by atoms with Crippen LogP contribution in [0.5, 0.6) is 0 Å². The monoisotopic (exact) mass is 266 g/mol. The molecule has 0 aromatic carbocycles. The molecule has 1 saturated heterocycles. The van der Waals surface area contributed by atoms with Gasteiger partial charge in [0.2, 0.25) is 11.8 Å². The van der Waals surface area contributed by atoms with Crippen molar-refractivity contribution < 1.29 is 9.59 Å². The van der Waals surface area contributed by atoms with Crippen LogP contribution in [0.4, 0.5) is 0 Å². The van der Waals surface area contributed by atoms with E-state index in [0.29, 0.717) is 25.3 Å². The Balaban J connectivity index is 1.85. The lowest BCUT2D eigenvalue weighted by molar-refractivity contribution is -0.131. The van der Waals surface area contributed by atoms with Crippen LogP contribution in [-0.2, 0) is 22.7 Å². The van der Waals surface area contributed by atoms with Crippen molar-refractivity contribution in [3.8, 4) is 0 Å². The number of hydrogen-bond acceptors (Lipinski definition) is 5. The maximum Gasteiger partial charge on any atom is 0.244 e. The fourth-order valence-corrected chi connectivity index (χ4v) is 2.14. The Labute approximate surface area is 110 Å². The molecule has 2 amide bonds. The number of amides is 2. The van der Waals surface area contributed by atoms with Crippen molar-refractivity contribution in [2.24, 2.45) is 5.73 Å². The number of nitrogens with one attached hydrogen (secondary N) is 1. The first-order valence-corrected chi connectivity index (χ1v) is 6.22. The van der Waals surface area contributed by atoms with E-state index in [4.69, 9.17) is 5.73 Å². The molecule has 8 nitrogen and oxygen atoms in total. The van der Waals surface area contributed by atoms with E-state index in [1.807, 2.05) is 0 Å². The molecule has 0 saturated carbocycles. The predicted molar refractivity (Wildman–Crippen MR) is 66.7 cm³/mol. The number of rotatable bonds is 4. The Morgan fingerprint density at radius 2 is 2.37 bits per heavy atom. The average molecular weight is 266 g/mol. The molecule has 0 radical (unpaired) electrons. The van der Waals surface area contributed by atoms with E-state index in [0.717, 1.165) is 6.42 Å². The van der Waals surface area contributed by atoms with E-state index in [1.54, 1.807) is 11.1 Å². The highest BCUT2D eigenvalue weighted by Crippen LogP contribution is 2.10. The molecular weight excluding hydrogens is 248 g/mol. The van der Waals surface area contributed by atoms with E-state index in [9.17, 15) is 9.59 Å². The lowest BCUT2D eigenvalue weighted by Crippen LogP contribution is -2.38. The summed E-state index contributed by atoms with van der Waals surface area (Å²) >= 11 is 0. The Morgan fingerprint density at radius 1 is 1.58 bits per heavy atom. The highest BCUT2D eigenvalue weighted by molar-refractivity contribution is 5.77. The van der Waals surface area contributed by atoms with Crippen LogP contribution < -0.4 is 11.1 Å². The summed E-state index contributed by atoms with van der Waals surface area (Å²) in [7, 11) is 0. The first-order valence-electron chi connectivity index (χ1n) is 6.22. The van der Waals surface area contributed by atoms with Gasteiger partial charge in [-0.25, -0.2) is 4.68 Å². The zero-order chi connectivity index (χ0) is 13.8. The molecule has 0 spiro atoms. The summed E-state index contributed by atoms with van der Waals surface area (Å²) in [5.74, 6) is -0.0931. The number of nitrogens with two attached hydrogens (primary N) is 1. The molecule has 0 aliphatic carbocycles. The second-order valence-corrected chi connectivity index (χ2v) is 4.64. The van der Waals surface area contributed by atoms with Crippen molar-refractivity contribution in [1.82, 2.24) is 25.2 Å². The Hall–Kier alpha value is -1.96. The maximum absolute atomic E-state index is 12.0. The van der Waals surface area contributed by atoms with E-state index in [1.165, 1.54) is 11.6 Å². The molecule has 1 aromatic heterocycles. The standard InChI is InChI=1S/C11H18N6O2/c1-8(18)13-9-2-3-16(5-9)11(19)7-17-6-10(4-12)14-15-17/h6,9H,2-5,7,12H2,1H3,(H,13,18). The summed E-state index contributed by atoms with van der Waals surface area (Å²) < 4.78 is 1.48. The number of aromatic nitrogens is 3. The molecule has 1 atom stereocenters. The van der Waals surface area contributed by atoms with Crippen molar-refractivity contribution in [1.29, 1.82) is 0 Å². The Kier molecular flexibility index (Phi) is 4.10. The molecule has 2 heterocycles. The smallest absolute Gasteiger partial charge is 0.244 e. The minimum atomic E-state index is -0.0665. The molecule has 3 N–H and O–H groups in total. The van der Waals surface area contributed by atoms with Gasteiger partial charge in [-0.1, -0.05) is 5.21 Å². The van der Waals surface area contributed by atoms with Gasteiger partial charge < -0.3 is 16.0 Å². The zero-order valence-electron chi connectivity index (χ0n) is 10.9. The summed E-state index contributed by atoms with van der Waals surface area (Å²) in [5, 5.41) is 10.5. The first-order chi connectivity index (χ1) is 9.08. The van der Waals surface area contributed by atoms with Crippen LogP contribution in [-0.4, -0.2) is 50.8 Å². The summed E-state index contributed by atoms with van der Waals surface area (Å²) in [6.45, 7) is 3.15. The molecule has 1 unspecified atom stereocenters. The van der Waals surface area contributed by atoms with E-state index in [-0.39, 0.29) is 24.4 Å². The quantitative estimate of drug-likeness (QED) is 0.688. The Bertz CT molecular complexity index is 472. The Morgan fingerprint density at radius 3 is 3.00 bits per heavy atom. The lowest BCUT2D eigenvalue weighted by atomic mass is 10.3. The third kappa shape index (κ3) is 3.50. The van der Waals surface area contributed by atoms with E-state index in [2.05, 4.69) is 15.6 Å². The normalized spacial score (nSPS) is 18.6. The summed E-state index contributed by atoms with van der Waals surface area (Å²) in [5.41, 5.74) is 6.09. The van der Waals surface area contributed by atoms with Crippen molar-refractivity contribution in [2.45, 2.75) is 32.5 Å². The third-order valence-electron chi connectivity index (χ3n) is 3.04. The number of carbonyl (C=O) groups excluding carboxylic acids is 2. The second kappa shape index (κ2) is 5.79. The summed E-state index contributed by atoms with van der Waals surface area (Å²) in [6, 6.07) is 0.0526. The highest BCUT2D eigenvalue weighted by atomic mass is 16.2. The minimum Gasteiger partial charge on any atom is -0.352 e. The lowest BCUT2D eigenvalue weighted by Gasteiger charge is -2.16. The minimum absolute atomic E-state index is 0.0266.